The van der Waals surface area contributed by atoms with Gasteiger partial charge in [0.1, 0.15) is 11.9 Å². The largest absolute Gasteiger partial charge is 0.493 e. The molecule has 0 aliphatic carbocycles. The summed E-state index contributed by atoms with van der Waals surface area (Å²) in [5.74, 6) is 1.67. The van der Waals surface area contributed by atoms with E-state index in [0.29, 0.717) is 17.3 Å². The lowest BCUT2D eigenvalue weighted by molar-refractivity contribution is 0.219. The third kappa shape index (κ3) is 2.61. The molecule has 0 amide bonds. The summed E-state index contributed by atoms with van der Waals surface area (Å²) in [4.78, 5) is 0. The minimum Gasteiger partial charge on any atom is -0.493 e. The number of aromatic nitrogens is 2. The Kier molecular flexibility index (Phi) is 3.48. The smallest absolute Gasteiger partial charge is 0.162 e. The number of ether oxygens (including phenoxy) is 2. The van der Waals surface area contributed by atoms with E-state index in [9.17, 15) is 8.42 Å². The summed E-state index contributed by atoms with van der Waals surface area (Å²) in [7, 11) is 0.367. The number of hydrogen-bond donors (Lipinski definition) is 1. The molecule has 22 heavy (non-hydrogen) atoms. The predicted molar refractivity (Wildman–Crippen MR) is 82.7 cm³/mol. The summed E-state index contributed by atoms with van der Waals surface area (Å²) in [6.45, 7) is 0. The van der Waals surface area contributed by atoms with Gasteiger partial charge in [0.15, 0.2) is 21.3 Å². The number of nitrogens with two attached hydrogens (primary N) is 1. The number of rotatable bonds is 4. The van der Waals surface area contributed by atoms with Crippen molar-refractivity contribution in [1.82, 2.24) is 9.78 Å². The number of nitrogens with zero attached hydrogens (tertiary/aromatic N) is 2. The second-order valence-corrected chi connectivity index (χ2v) is 7.40. The number of methoxy groups -OCH3 is 1. The van der Waals surface area contributed by atoms with Crippen LogP contribution in [-0.2, 0) is 16.9 Å². The molecular weight excluding hydrogens is 306 g/mol. The van der Waals surface area contributed by atoms with E-state index in [1.165, 1.54) is 7.11 Å². The van der Waals surface area contributed by atoms with E-state index >= 15 is 0 Å². The fourth-order valence-electron chi connectivity index (χ4n) is 2.37. The first-order chi connectivity index (χ1) is 10.4. The summed E-state index contributed by atoms with van der Waals surface area (Å²) in [6, 6.07) is 5.41. The van der Waals surface area contributed by atoms with E-state index in [1.54, 1.807) is 30.1 Å². The van der Waals surface area contributed by atoms with Gasteiger partial charge < -0.3 is 15.2 Å². The molecule has 1 aromatic heterocycles. The molecule has 3 rings (SSSR count). The highest BCUT2D eigenvalue weighted by Crippen LogP contribution is 2.36. The van der Waals surface area contributed by atoms with Gasteiger partial charge >= 0.3 is 0 Å². The van der Waals surface area contributed by atoms with Crippen molar-refractivity contribution >= 4 is 15.7 Å². The Balaban J connectivity index is 1.91. The Morgan fingerprint density at radius 1 is 1.32 bits per heavy atom. The lowest BCUT2D eigenvalue weighted by Gasteiger charge is -2.27. The standard InChI is InChI=1S/C14H17N3O4S/c1-17-14(15)11(6-16-17)9-3-4-12(20-2)13(5-9)21-10-7-22(18,19)8-10/h3-6,10H,7-8,15H2,1-2H3. The van der Waals surface area contributed by atoms with Crippen molar-refractivity contribution in [1.29, 1.82) is 0 Å². The summed E-state index contributed by atoms with van der Waals surface area (Å²) in [5.41, 5.74) is 7.60. The molecule has 0 bridgehead atoms. The van der Waals surface area contributed by atoms with E-state index in [2.05, 4.69) is 5.10 Å². The number of aryl methyl sites for hydroxylation is 1. The minimum atomic E-state index is -2.94. The van der Waals surface area contributed by atoms with Gasteiger partial charge in [-0.05, 0) is 17.7 Å². The lowest BCUT2D eigenvalue weighted by Crippen LogP contribution is -2.45. The molecule has 2 heterocycles. The van der Waals surface area contributed by atoms with Gasteiger partial charge in [0.2, 0.25) is 0 Å². The second-order valence-electron chi connectivity index (χ2n) is 5.25. The molecule has 1 saturated heterocycles. The molecule has 0 atom stereocenters. The van der Waals surface area contributed by atoms with Crippen LogP contribution in [0.15, 0.2) is 24.4 Å². The van der Waals surface area contributed by atoms with Crippen molar-refractivity contribution in [3.05, 3.63) is 24.4 Å². The molecule has 0 radical (unpaired) electrons. The molecule has 1 aliphatic heterocycles. The van der Waals surface area contributed by atoms with Crippen LogP contribution in [0, 0.1) is 0 Å². The molecule has 1 aliphatic rings. The number of nitrogen functional groups attached to an aromatic ring is 1. The van der Waals surface area contributed by atoms with Crippen molar-refractivity contribution in [2.45, 2.75) is 6.10 Å². The van der Waals surface area contributed by atoms with Gasteiger partial charge in [0.25, 0.3) is 0 Å². The van der Waals surface area contributed by atoms with Crippen LogP contribution >= 0.6 is 0 Å². The van der Waals surface area contributed by atoms with Gasteiger partial charge in [-0.15, -0.1) is 0 Å². The first kappa shape index (κ1) is 14.7. The van der Waals surface area contributed by atoms with Gasteiger partial charge in [0, 0.05) is 12.6 Å². The molecule has 118 valence electrons. The Hall–Kier alpha value is -2.22. The Labute approximate surface area is 128 Å². The topological polar surface area (TPSA) is 96.4 Å². The SMILES string of the molecule is COc1ccc(-c2cnn(C)c2N)cc1OC1CS(=O)(=O)C1. The minimum absolute atomic E-state index is 0.0371. The van der Waals surface area contributed by atoms with Gasteiger partial charge in [-0.25, -0.2) is 8.42 Å². The van der Waals surface area contributed by atoms with Crippen molar-refractivity contribution in [3.8, 4) is 22.6 Å². The van der Waals surface area contributed by atoms with Crippen LogP contribution in [-0.4, -0.2) is 42.9 Å². The Bertz CT molecular complexity index is 801. The van der Waals surface area contributed by atoms with Gasteiger partial charge in [-0.3, -0.25) is 4.68 Å². The van der Waals surface area contributed by atoms with E-state index in [0.717, 1.165) is 11.1 Å². The molecule has 0 spiro atoms. The number of hydrogen-bond acceptors (Lipinski definition) is 6. The molecule has 1 fully saturated rings. The maximum atomic E-state index is 11.2. The molecule has 7 nitrogen and oxygen atoms in total. The van der Waals surface area contributed by atoms with Crippen LogP contribution in [0.25, 0.3) is 11.1 Å². The highest BCUT2D eigenvalue weighted by molar-refractivity contribution is 7.92. The first-order valence-corrected chi connectivity index (χ1v) is 8.55. The van der Waals surface area contributed by atoms with Crippen LogP contribution in [0.3, 0.4) is 0 Å². The van der Waals surface area contributed by atoms with E-state index in [1.807, 2.05) is 6.07 Å². The summed E-state index contributed by atoms with van der Waals surface area (Å²) in [6.07, 6.45) is 1.34. The number of sulfone groups is 1. The Morgan fingerprint density at radius 3 is 2.59 bits per heavy atom. The van der Waals surface area contributed by atoms with Crippen LogP contribution in [0.5, 0.6) is 11.5 Å². The zero-order valence-electron chi connectivity index (χ0n) is 12.3. The molecule has 2 aromatic rings. The van der Waals surface area contributed by atoms with E-state index < -0.39 is 9.84 Å². The third-order valence-corrected chi connectivity index (χ3v) is 5.39. The molecule has 0 saturated carbocycles. The highest BCUT2D eigenvalue weighted by Gasteiger charge is 2.35. The normalized spacial score (nSPS) is 17.0. The zero-order chi connectivity index (χ0) is 15.9. The molecular formula is C14H17N3O4S. The predicted octanol–water partition coefficient (Wildman–Crippen LogP) is 0.854. The van der Waals surface area contributed by atoms with Crippen molar-refractivity contribution in [2.75, 3.05) is 24.3 Å². The monoisotopic (exact) mass is 323 g/mol. The highest BCUT2D eigenvalue weighted by atomic mass is 32.2. The van der Waals surface area contributed by atoms with Crippen molar-refractivity contribution < 1.29 is 17.9 Å². The van der Waals surface area contributed by atoms with Crippen LogP contribution in [0.1, 0.15) is 0 Å². The fourth-order valence-corrected chi connectivity index (χ4v) is 3.54. The molecule has 8 heteroatoms. The molecule has 2 N–H and O–H groups in total. The molecule has 0 unspecified atom stereocenters. The average molecular weight is 323 g/mol. The van der Waals surface area contributed by atoms with E-state index in [4.69, 9.17) is 15.2 Å². The summed E-state index contributed by atoms with van der Waals surface area (Å²) in [5, 5.41) is 4.11. The zero-order valence-corrected chi connectivity index (χ0v) is 13.1. The maximum absolute atomic E-state index is 11.2. The van der Waals surface area contributed by atoms with E-state index in [-0.39, 0.29) is 17.6 Å². The maximum Gasteiger partial charge on any atom is 0.162 e. The number of anilines is 1. The van der Waals surface area contributed by atoms with Gasteiger partial charge in [-0.1, -0.05) is 6.07 Å². The fraction of sp³-hybridized carbons (Fsp3) is 0.357. The average Bonchev–Trinajstić information content (AvgIpc) is 2.77. The second kappa shape index (κ2) is 5.20. The Morgan fingerprint density at radius 2 is 2.05 bits per heavy atom. The number of benzene rings is 1. The first-order valence-electron chi connectivity index (χ1n) is 6.72. The quantitative estimate of drug-likeness (QED) is 0.896. The third-order valence-electron chi connectivity index (χ3n) is 3.63. The van der Waals surface area contributed by atoms with Gasteiger partial charge in [0.05, 0.1) is 24.8 Å². The van der Waals surface area contributed by atoms with Crippen molar-refractivity contribution in [3.63, 3.8) is 0 Å². The molecule has 1 aromatic carbocycles. The lowest BCUT2D eigenvalue weighted by atomic mass is 10.1. The van der Waals surface area contributed by atoms with Crippen LogP contribution < -0.4 is 15.2 Å². The van der Waals surface area contributed by atoms with Gasteiger partial charge in [-0.2, -0.15) is 5.10 Å². The summed E-state index contributed by atoms with van der Waals surface area (Å²) >= 11 is 0. The van der Waals surface area contributed by atoms with Crippen LogP contribution in [0.2, 0.25) is 0 Å². The van der Waals surface area contributed by atoms with Crippen LogP contribution in [0.4, 0.5) is 5.82 Å². The van der Waals surface area contributed by atoms with Crippen molar-refractivity contribution in [2.24, 2.45) is 7.05 Å². The summed E-state index contributed by atoms with van der Waals surface area (Å²) < 4.78 is 35.1.